The molecule has 0 amide bonds. The first-order chi connectivity index (χ1) is 15.2. The minimum atomic E-state index is -0.218. The van der Waals surface area contributed by atoms with Crippen molar-refractivity contribution in [1.29, 1.82) is 0 Å². The Kier molecular flexibility index (Phi) is 8.66. The number of hydrogen-bond acceptors (Lipinski definition) is 4. The minimum Gasteiger partial charge on any atom is -0.487 e. The fraction of sp³-hybridized carbons (Fsp3) is 0.250. The molecule has 8 heteroatoms. The quantitative estimate of drug-likeness (QED) is 0.287. The van der Waals surface area contributed by atoms with E-state index in [-0.39, 0.29) is 29.8 Å². The van der Waals surface area contributed by atoms with Gasteiger partial charge in [0.05, 0.1) is 12.2 Å². The molecule has 2 aromatic carbocycles. The van der Waals surface area contributed by atoms with Gasteiger partial charge in [0, 0.05) is 38.1 Å². The summed E-state index contributed by atoms with van der Waals surface area (Å²) in [7, 11) is 0. The zero-order valence-corrected chi connectivity index (χ0v) is 20.1. The summed E-state index contributed by atoms with van der Waals surface area (Å²) < 4.78 is 19.0. The van der Waals surface area contributed by atoms with Crippen LogP contribution in [-0.4, -0.2) is 42.0 Å². The van der Waals surface area contributed by atoms with E-state index in [0.29, 0.717) is 19.1 Å². The molecule has 2 heterocycles. The molecular weight excluding hydrogens is 520 g/mol. The highest BCUT2D eigenvalue weighted by molar-refractivity contribution is 14.0. The topological polar surface area (TPSA) is 67.0 Å². The summed E-state index contributed by atoms with van der Waals surface area (Å²) in [4.78, 5) is 13.2. The van der Waals surface area contributed by atoms with E-state index in [4.69, 9.17) is 10.5 Å². The second-order valence-corrected chi connectivity index (χ2v) is 7.38. The summed E-state index contributed by atoms with van der Waals surface area (Å²) in [6.07, 6.45) is 1.76. The number of pyridine rings is 1. The molecule has 3 aromatic rings. The molecule has 1 saturated heterocycles. The zero-order valence-electron chi connectivity index (χ0n) is 17.7. The van der Waals surface area contributed by atoms with Crippen molar-refractivity contribution in [2.75, 3.05) is 31.1 Å². The number of rotatable bonds is 6. The van der Waals surface area contributed by atoms with E-state index < -0.39 is 0 Å². The van der Waals surface area contributed by atoms with Gasteiger partial charge < -0.3 is 20.3 Å². The van der Waals surface area contributed by atoms with Crippen molar-refractivity contribution < 1.29 is 9.13 Å². The van der Waals surface area contributed by atoms with Crippen LogP contribution in [-0.2, 0) is 13.2 Å². The number of nitrogens with zero attached hydrogens (tertiary/aromatic N) is 4. The molecule has 0 saturated carbocycles. The van der Waals surface area contributed by atoms with Crippen LogP contribution in [0.4, 0.5) is 10.1 Å². The van der Waals surface area contributed by atoms with Crippen LogP contribution in [0, 0.1) is 5.82 Å². The monoisotopic (exact) mass is 547 g/mol. The van der Waals surface area contributed by atoms with Crippen LogP contribution in [0.1, 0.15) is 11.3 Å². The summed E-state index contributed by atoms with van der Waals surface area (Å²) in [6.45, 7) is 4.11. The summed E-state index contributed by atoms with van der Waals surface area (Å²) in [5.74, 6) is 1.10. The van der Waals surface area contributed by atoms with Crippen LogP contribution in [0.3, 0.4) is 0 Å². The number of anilines is 1. The van der Waals surface area contributed by atoms with Crippen molar-refractivity contribution in [1.82, 2.24) is 9.88 Å². The number of nitrogens with two attached hydrogens (primary N) is 1. The van der Waals surface area contributed by atoms with Gasteiger partial charge >= 0.3 is 0 Å². The van der Waals surface area contributed by atoms with E-state index in [9.17, 15) is 4.39 Å². The second-order valence-electron chi connectivity index (χ2n) is 7.38. The molecular formula is C24H27FIN5O. The number of halogens is 2. The average Bonchev–Trinajstić information content (AvgIpc) is 2.83. The van der Waals surface area contributed by atoms with Crippen LogP contribution in [0.25, 0.3) is 0 Å². The normalized spacial score (nSPS) is 14.1. The molecule has 0 bridgehead atoms. The Bertz CT molecular complexity index is 1010. The first-order valence-electron chi connectivity index (χ1n) is 10.3. The maximum atomic E-state index is 13.1. The van der Waals surface area contributed by atoms with Crippen LogP contribution in [0.2, 0.25) is 0 Å². The molecule has 2 N–H and O–H groups in total. The highest BCUT2D eigenvalue weighted by atomic mass is 127. The lowest BCUT2D eigenvalue weighted by Gasteiger charge is -2.36. The number of aliphatic imine (C=N–C) groups is 1. The summed E-state index contributed by atoms with van der Waals surface area (Å²) in [6, 6.07) is 20.2. The Morgan fingerprint density at radius 2 is 1.78 bits per heavy atom. The van der Waals surface area contributed by atoms with Gasteiger partial charge in [-0.1, -0.05) is 18.2 Å². The Balaban J connectivity index is 0.00000289. The van der Waals surface area contributed by atoms with E-state index in [1.165, 1.54) is 12.1 Å². The molecule has 0 spiro atoms. The summed E-state index contributed by atoms with van der Waals surface area (Å²) in [5, 5.41) is 0. The number of aromatic nitrogens is 1. The fourth-order valence-corrected chi connectivity index (χ4v) is 3.49. The number of guanidine groups is 1. The third kappa shape index (κ3) is 6.56. The van der Waals surface area contributed by atoms with E-state index >= 15 is 0 Å². The minimum absolute atomic E-state index is 0. The van der Waals surface area contributed by atoms with E-state index in [1.807, 2.05) is 54.6 Å². The van der Waals surface area contributed by atoms with Gasteiger partial charge in [-0.05, 0) is 54.1 Å². The third-order valence-corrected chi connectivity index (χ3v) is 5.23. The van der Waals surface area contributed by atoms with Gasteiger partial charge in [-0.3, -0.25) is 4.98 Å². The van der Waals surface area contributed by atoms with Crippen molar-refractivity contribution in [3.63, 3.8) is 0 Å². The largest absolute Gasteiger partial charge is 0.487 e. The summed E-state index contributed by atoms with van der Waals surface area (Å²) in [5.41, 5.74) is 9.19. The van der Waals surface area contributed by atoms with Crippen LogP contribution >= 0.6 is 24.0 Å². The number of hydrogen-bond donors (Lipinski definition) is 1. The molecule has 0 atom stereocenters. The van der Waals surface area contributed by atoms with Crippen molar-refractivity contribution in [2.45, 2.75) is 13.2 Å². The van der Waals surface area contributed by atoms with Gasteiger partial charge in [0.2, 0.25) is 0 Å². The smallest absolute Gasteiger partial charge is 0.191 e. The molecule has 1 aromatic heterocycles. The predicted octanol–water partition coefficient (Wildman–Crippen LogP) is 4.05. The van der Waals surface area contributed by atoms with Crippen LogP contribution in [0.5, 0.6) is 5.75 Å². The molecule has 1 aliphatic rings. The van der Waals surface area contributed by atoms with E-state index in [2.05, 4.69) is 19.8 Å². The Morgan fingerprint density at radius 1 is 1.00 bits per heavy atom. The molecule has 4 rings (SSSR count). The lowest BCUT2D eigenvalue weighted by atomic mass is 10.2. The molecule has 0 unspecified atom stereocenters. The lowest BCUT2D eigenvalue weighted by Crippen LogP contribution is -2.51. The maximum Gasteiger partial charge on any atom is 0.191 e. The standard InChI is InChI=1S/C24H26FN5O.HI/c25-20-7-9-22(10-8-20)29-12-14-30(15-13-29)24(26)28-17-19-4-3-6-23(16-19)31-18-21-5-1-2-11-27-21;/h1-11,16H,12-15,17-18H2,(H2,26,28);1H. The molecule has 0 aliphatic carbocycles. The van der Waals surface area contributed by atoms with Crippen LogP contribution < -0.4 is 15.4 Å². The zero-order chi connectivity index (χ0) is 21.5. The second kappa shape index (κ2) is 11.7. The fourth-order valence-electron chi connectivity index (χ4n) is 3.49. The van der Waals surface area contributed by atoms with E-state index in [0.717, 1.165) is 48.9 Å². The number of piperazine rings is 1. The van der Waals surface area contributed by atoms with Crippen molar-refractivity contribution >= 4 is 35.6 Å². The molecule has 0 radical (unpaired) electrons. The highest BCUT2D eigenvalue weighted by Gasteiger charge is 2.18. The Morgan fingerprint density at radius 3 is 2.50 bits per heavy atom. The molecule has 32 heavy (non-hydrogen) atoms. The highest BCUT2D eigenvalue weighted by Crippen LogP contribution is 2.18. The summed E-state index contributed by atoms with van der Waals surface area (Å²) >= 11 is 0. The Hall–Kier alpha value is -2.88. The van der Waals surface area contributed by atoms with Gasteiger partial charge in [0.25, 0.3) is 0 Å². The molecule has 168 valence electrons. The molecule has 1 fully saturated rings. The van der Waals surface area contributed by atoms with Crippen LogP contribution in [0.15, 0.2) is 77.9 Å². The maximum absolute atomic E-state index is 13.1. The first kappa shape index (κ1) is 23.8. The Labute approximate surface area is 204 Å². The van der Waals surface area contributed by atoms with Gasteiger partial charge in [-0.15, -0.1) is 24.0 Å². The van der Waals surface area contributed by atoms with Crippen molar-refractivity contribution in [3.8, 4) is 5.75 Å². The lowest BCUT2D eigenvalue weighted by molar-refractivity contribution is 0.301. The van der Waals surface area contributed by atoms with Gasteiger partial charge in [0.15, 0.2) is 5.96 Å². The van der Waals surface area contributed by atoms with Gasteiger partial charge in [-0.25, -0.2) is 9.38 Å². The van der Waals surface area contributed by atoms with Crippen molar-refractivity contribution in [2.24, 2.45) is 10.7 Å². The molecule has 6 nitrogen and oxygen atoms in total. The van der Waals surface area contributed by atoms with E-state index in [1.54, 1.807) is 6.20 Å². The van der Waals surface area contributed by atoms with Gasteiger partial charge in [-0.2, -0.15) is 0 Å². The number of benzene rings is 2. The predicted molar refractivity (Wildman–Crippen MR) is 136 cm³/mol. The third-order valence-electron chi connectivity index (χ3n) is 5.23. The first-order valence-corrected chi connectivity index (χ1v) is 10.3. The molecule has 1 aliphatic heterocycles. The van der Waals surface area contributed by atoms with Gasteiger partial charge in [0.1, 0.15) is 18.2 Å². The average molecular weight is 547 g/mol. The SMILES string of the molecule is I.NC(=NCc1cccc(OCc2ccccn2)c1)N1CCN(c2ccc(F)cc2)CC1. The van der Waals surface area contributed by atoms with Crippen molar-refractivity contribution in [3.05, 3.63) is 90.0 Å². The number of ether oxygens (including phenoxy) is 1.